The molecule has 1 aliphatic heterocycles. The van der Waals surface area contributed by atoms with Gasteiger partial charge >= 0.3 is 0 Å². The molecule has 1 saturated heterocycles. The van der Waals surface area contributed by atoms with Crippen LogP contribution in [0.2, 0.25) is 0 Å². The number of nitrogens with zero attached hydrogens (tertiary/aromatic N) is 1. The second-order valence-corrected chi connectivity index (χ2v) is 6.95. The van der Waals surface area contributed by atoms with Crippen LogP contribution in [0.5, 0.6) is 0 Å². The van der Waals surface area contributed by atoms with Crippen LogP contribution in [0.25, 0.3) is 0 Å². The molecule has 0 bridgehead atoms. The Balaban J connectivity index is 2.45. The average Bonchev–Trinajstić information content (AvgIpc) is 2.13. The number of nitrogens with one attached hydrogen (secondary N) is 1. The van der Waals surface area contributed by atoms with Crippen molar-refractivity contribution in [1.29, 1.82) is 0 Å². The highest BCUT2D eigenvalue weighted by molar-refractivity contribution is 7.91. The molecule has 3 N–H and O–H groups in total. The zero-order valence-electron chi connectivity index (χ0n) is 9.94. The van der Waals surface area contributed by atoms with Crippen LogP contribution in [-0.4, -0.2) is 38.5 Å². The molecule has 0 amide bonds. The maximum atomic E-state index is 11.4. The Morgan fingerprint density at radius 2 is 2.25 bits per heavy atom. The highest BCUT2D eigenvalue weighted by Crippen LogP contribution is 2.11. The van der Waals surface area contributed by atoms with Crippen LogP contribution < -0.4 is 11.1 Å². The van der Waals surface area contributed by atoms with E-state index in [9.17, 15) is 8.42 Å². The van der Waals surface area contributed by atoms with Gasteiger partial charge in [0.25, 0.3) is 0 Å². The lowest BCUT2D eigenvalue weighted by Gasteiger charge is -2.23. The van der Waals surface area contributed by atoms with Gasteiger partial charge in [-0.25, -0.2) is 8.42 Å². The largest absolute Gasteiger partial charge is 0.370 e. The zero-order chi connectivity index (χ0) is 12.2. The normalized spacial score (nSPS) is 25.7. The molecule has 0 saturated carbocycles. The third kappa shape index (κ3) is 4.83. The first-order valence-electron chi connectivity index (χ1n) is 5.66. The molecule has 0 aliphatic carbocycles. The summed E-state index contributed by atoms with van der Waals surface area (Å²) in [4.78, 5) is 4.15. The lowest BCUT2D eigenvalue weighted by atomic mass is 10.2. The molecule has 0 aromatic heterocycles. The number of rotatable bonds is 3. The van der Waals surface area contributed by atoms with Crippen molar-refractivity contribution >= 4 is 15.8 Å². The van der Waals surface area contributed by atoms with Crippen LogP contribution in [0, 0.1) is 5.92 Å². The highest BCUT2D eigenvalue weighted by atomic mass is 32.2. The van der Waals surface area contributed by atoms with Crippen LogP contribution in [0.15, 0.2) is 4.99 Å². The molecule has 94 valence electrons. The lowest BCUT2D eigenvalue weighted by Crippen LogP contribution is -2.46. The summed E-state index contributed by atoms with van der Waals surface area (Å²) in [5, 5.41) is 2.98. The van der Waals surface area contributed by atoms with Gasteiger partial charge in [0.05, 0.1) is 11.5 Å². The van der Waals surface area contributed by atoms with E-state index >= 15 is 0 Å². The van der Waals surface area contributed by atoms with Gasteiger partial charge in [-0.15, -0.1) is 0 Å². The van der Waals surface area contributed by atoms with Crippen molar-refractivity contribution in [2.45, 2.75) is 32.7 Å². The summed E-state index contributed by atoms with van der Waals surface area (Å²) < 4.78 is 22.8. The van der Waals surface area contributed by atoms with Crippen molar-refractivity contribution in [2.75, 3.05) is 18.1 Å². The molecule has 0 radical (unpaired) electrons. The minimum Gasteiger partial charge on any atom is -0.370 e. The van der Waals surface area contributed by atoms with Crippen LogP contribution in [0.3, 0.4) is 0 Å². The summed E-state index contributed by atoms with van der Waals surface area (Å²) in [5.74, 6) is 1.28. The molecule has 1 rings (SSSR count). The van der Waals surface area contributed by atoms with Crippen molar-refractivity contribution < 1.29 is 8.42 Å². The van der Waals surface area contributed by atoms with E-state index in [1.165, 1.54) is 0 Å². The van der Waals surface area contributed by atoms with Crippen LogP contribution >= 0.6 is 0 Å². The number of nitrogens with two attached hydrogens (primary N) is 1. The predicted molar refractivity (Wildman–Crippen MR) is 66.1 cm³/mol. The van der Waals surface area contributed by atoms with E-state index in [2.05, 4.69) is 24.2 Å². The summed E-state index contributed by atoms with van der Waals surface area (Å²) in [6.07, 6.45) is 1.55. The second-order valence-electron chi connectivity index (χ2n) is 4.72. The summed E-state index contributed by atoms with van der Waals surface area (Å²) in [7, 11) is -2.88. The highest BCUT2D eigenvalue weighted by Gasteiger charge is 2.24. The summed E-state index contributed by atoms with van der Waals surface area (Å²) in [5.41, 5.74) is 5.69. The quantitative estimate of drug-likeness (QED) is 0.548. The molecule has 16 heavy (non-hydrogen) atoms. The number of guanidine groups is 1. The molecule has 5 nitrogen and oxygen atoms in total. The zero-order valence-corrected chi connectivity index (χ0v) is 10.8. The molecule has 1 fully saturated rings. The maximum Gasteiger partial charge on any atom is 0.188 e. The molecule has 1 unspecified atom stereocenters. The van der Waals surface area contributed by atoms with Crippen LogP contribution in [0.1, 0.15) is 26.7 Å². The monoisotopic (exact) mass is 247 g/mol. The van der Waals surface area contributed by atoms with Gasteiger partial charge in [0, 0.05) is 12.6 Å². The topological polar surface area (TPSA) is 84.5 Å². The number of sulfone groups is 1. The minimum absolute atomic E-state index is 0.0744. The Kier molecular flexibility index (Phi) is 4.58. The van der Waals surface area contributed by atoms with Crippen molar-refractivity contribution in [1.82, 2.24) is 5.32 Å². The average molecular weight is 247 g/mol. The van der Waals surface area contributed by atoms with E-state index in [-0.39, 0.29) is 11.8 Å². The van der Waals surface area contributed by atoms with Gasteiger partial charge in [-0.3, -0.25) is 4.99 Å². The standard InChI is InChI=1S/C10H21N3O2S/c1-8(2)6-12-10(11)13-9-4-3-5-16(14,15)7-9/h8-9H,3-7H2,1-2H3,(H3,11,12,13). The summed E-state index contributed by atoms with van der Waals surface area (Å²) >= 11 is 0. The third-order valence-electron chi connectivity index (χ3n) is 2.44. The molecule has 6 heteroatoms. The fraction of sp³-hybridized carbons (Fsp3) is 0.900. The Hall–Kier alpha value is -0.780. The molecule has 0 aromatic rings. The molecule has 1 aliphatic rings. The Morgan fingerprint density at radius 3 is 2.81 bits per heavy atom. The minimum atomic E-state index is -2.88. The molecule has 0 spiro atoms. The van der Waals surface area contributed by atoms with Gasteiger partial charge in [-0.2, -0.15) is 0 Å². The molecule has 1 heterocycles. The van der Waals surface area contributed by atoms with Crippen molar-refractivity contribution in [2.24, 2.45) is 16.6 Å². The third-order valence-corrected chi connectivity index (χ3v) is 4.26. The van der Waals surface area contributed by atoms with Crippen LogP contribution in [0.4, 0.5) is 0 Å². The van der Waals surface area contributed by atoms with Gasteiger partial charge < -0.3 is 11.1 Å². The van der Waals surface area contributed by atoms with E-state index in [0.29, 0.717) is 30.6 Å². The predicted octanol–water partition coefficient (Wildman–Crippen LogP) is 0.124. The van der Waals surface area contributed by atoms with Crippen molar-refractivity contribution in [3.63, 3.8) is 0 Å². The Bertz CT molecular complexity index is 349. The molecular weight excluding hydrogens is 226 g/mol. The fourth-order valence-electron chi connectivity index (χ4n) is 1.67. The lowest BCUT2D eigenvalue weighted by molar-refractivity contribution is 0.529. The fourth-order valence-corrected chi connectivity index (χ4v) is 3.31. The van der Waals surface area contributed by atoms with Gasteiger partial charge in [0.15, 0.2) is 15.8 Å². The van der Waals surface area contributed by atoms with E-state index in [0.717, 1.165) is 6.42 Å². The van der Waals surface area contributed by atoms with Crippen LogP contribution in [-0.2, 0) is 9.84 Å². The Morgan fingerprint density at radius 1 is 1.56 bits per heavy atom. The SMILES string of the molecule is CC(C)CN=C(N)NC1CCCS(=O)(=O)C1. The number of aliphatic imine (C=N–C) groups is 1. The summed E-state index contributed by atoms with van der Waals surface area (Å²) in [6.45, 7) is 4.78. The van der Waals surface area contributed by atoms with E-state index in [4.69, 9.17) is 5.73 Å². The van der Waals surface area contributed by atoms with Gasteiger partial charge in [-0.05, 0) is 18.8 Å². The maximum absolute atomic E-state index is 11.4. The first kappa shape index (κ1) is 13.3. The van der Waals surface area contributed by atoms with Gasteiger partial charge in [0.2, 0.25) is 0 Å². The number of hydrogen-bond acceptors (Lipinski definition) is 3. The van der Waals surface area contributed by atoms with Gasteiger partial charge in [0.1, 0.15) is 0 Å². The van der Waals surface area contributed by atoms with E-state index < -0.39 is 9.84 Å². The summed E-state index contributed by atoms with van der Waals surface area (Å²) in [6, 6.07) is -0.0744. The Labute approximate surface area is 97.4 Å². The molecule has 0 aromatic carbocycles. The second kappa shape index (κ2) is 5.52. The first-order valence-corrected chi connectivity index (χ1v) is 7.48. The van der Waals surface area contributed by atoms with Crippen molar-refractivity contribution in [3.05, 3.63) is 0 Å². The van der Waals surface area contributed by atoms with E-state index in [1.807, 2.05) is 0 Å². The molecular formula is C10H21N3O2S. The number of hydrogen-bond donors (Lipinski definition) is 2. The van der Waals surface area contributed by atoms with Gasteiger partial charge in [-0.1, -0.05) is 13.8 Å². The van der Waals surface area contributed by atoms with E-state index in [1.54, 1.807) is 0 Å². The first-order chi connectivity index (χ1) is 7.39. The van der Waals surface area contributed by atoms with Crippen molar-refractivity contribution in [3.8, 4) is 0 Å². The molecule has 1 atom stereocenters. The smallest absolute Gasteiger partial charge is 0.188 e.